The van der Waals surface area contributed by atoms with Gasteiger partial charge in [-0.1, -0.05) is 35.9 Å². The van der Waals surface area contributed by atoms with Crippen molar-refractivity contribution < 1.29 is 18.7 Å². The Morgan fingerprint density at radius 3 is 2.65 bits per heavy atom. The molecular weight excluding hydrogens is 547 g/mol. The molecule has 2 aromatic heterocycles. The quantitative estimate of drug-likeness (QED) is 0.314. The summed E-state index contributed by atoms with van der Waals surface area (Å²) in [5, 5.41) is 9.72. The lowest BCUT2D eigenvalue weighted by Gasteiger charge is -2.23. The molecule has 1 fully saturated rings. The molecule has 0 radical (unpaired) electrons. The van der Waals surface area contributed by atoms with Crippen molar-refractivity contribution in [3.05, 3.63) is 88.6 Å². The summed E-state index contributed by atoms with van der Waals surface area (Å²) in [6.45, 7) is 2.99. The van der Waals surface area contributed by atoms with E-state index in [0.29, 0.717) is 19.0 Å². The van der Waals surface area contributed by atoms with Gasteiger partial charge < -0.3 is 10.1 Å². The van der Waals surface area contributed by atoms with Crippen molar-refractivity contribution in [2.75, 3.05) is 30.3 Å². The van der Waals surface area contributed by atoms with E-state index in [2.05, 4.69) is 5.32 Å². The Hall–Kier alpha value is -3.47. The molecule has 0 saturated carbocycles. The van der Waals surface area contributed by atoms with Gasteiger partial charge in [-0.25, -0.2) is 9.07 Å². The van der Waals surface area contributed by atoms with Crippen molar-refractivity contribution >= 4 is 40.7 Å². The molecule has 7 nitrogen and oxygen atoms in total. The Morgan fingerprint density at radius 1 is 1.15 bits per heavy atom. The van der Waals surface area contributed by atoms with E-state index in [1.54, 1.807) is 33.1 Å². The molecule has 2 unspecified atom stereocenters. The van der Waals surface area contributed by atoms with E-state index < -0.39 is 0 Å². The van der Waals surface area contributed by atoms with Crippen molar-refractivity contribution in [3.8, 4) is 16.3 Å². The SMILES string of the molecule is Cc1ccc(-n2nc(-c3cccs3)c3c2N(CC(=O)NCC2CCCO2)C(=O)CSC3c2ccc(F)cc2)cc1. The average molecular weight is 577 g/mol. The zero-order valence-corrected chi connectivity index (χ0v) is 23.6. The van der Waals surface area contributed by atoms with Gasteiger partial charge in [-0.15, -0.1) is 23.1 Å². The molecule has 40 heavy (non-hydrogen) atoms. The molecular formula is C30H29FN4O3S2. The normalized spacial score (nSPS) is 18.9. The number of fused-ring (bicyclic) bond motifs is 1. The molecule has 6 rings (SSSR count). The van der Waals surface area contributed by atoms with Crippen LogP contribution < -0.4 is 10.2 Å². The third-order valence-corrected chi connectivity index (χ3v) is 9.28. The number of benzene rings is 2. The van der Waals surface area contributed by atoms with Gasteiger partial charge in [-0.2, -0.15) is 5.10 Å². The number of halogens is 1. The van der Waals surface area contributed by atoms with Crippen LogP contribution in [0.5, 0.6) is 0 Å². The van der Waals surface area contributed by atoms with Crippen molar-refractivity contribution in [1.82, 2.24) is 15.1 Å². The van der Waals surface area contributed by atoms with Gasteiger partial charge in [0.15, 0.2) is 0 Å². The molecule has 0 aliphatic carbocycles. The minimum atomic E-state index is -0.322. The minimum absolute atomic E-state index is 0.00118. The van der Waals surface area contributed by atoms with Crippen molar-refractivity contribution in [2.45, 2.75) is 31.1 Å². The number of aromatic nitrogens is 2. The van der Waals surface area contributed by atoms with Gasteiger partial charge in [-0.05, 0) is 61.0 Å². The fourth-order valence-electron chi connectivity index (χ4n) is 5.11. The summed E-state index contributed by atoms with van der Waals surface area (Å²) in [6, 6.07) is 18.3. The smallest absolute Gasteiger partial charge is 0.240 e. The Morgan fingerprint density at radius 2 is 1.95 bits per heavy atom. The lowest BCUT2D eigenvalue weighted by Crippen LogP contribution is -2.44. The molecule has 1 N–H and O–H groups in total. The monoisotopic (exact) mass is 576 g/mol. The molecule has 4 aromatic rings. The van der Waals surface area contributed by atoms with Crippen LogP contribution in [0.4, 0.5) is 10.2 Å². The van der Waals surface area contributed by atoms with E-state index in [1.165, 1.54) is 23.9 Å². The number of thiophene rings is 1. The van der Waals surface area contributed by atoms with Gasteiger partial charge in [0, 0.05) is 18.7 Å². The van der Waals surface area contributed by atoms with Crippen molar-refractivity contribution in [1.29, 1.82) is 0 Å². The summed E-state index contributed by atoms with van der Waals surface area (Å²) in [6.07, 6.45) is 1.90. The summed E-state index contributed by atoms with van der Waals surface area (Å²) in [5.41, 5.74) is 4.32. The Kier molecular flexibility index (Phi) is 7.73. The number of aryl methyl sites for hydroxylation is 1. The maximum atomic E-state index is 13.9. The highest BCUT2D eigenvalue weighted by Gasteiger charge is 2.38. The number of anilines is 1. The second-order valence-corrected chi connectivity index (χ2v) is 12.0. The number of nitrogens with zero attached hydrogens (tertiary/aromatic N) is 3. The Balaban J connectivity index is 1.49. The highest BCUT2D eigenvalue weighted by molar-refractivity contribution is 8.00. The number of hydrogen-bond donors (Lipinski definition) is 1. The number of amides is 2. The number of thioether (sulfide) groups is 1. The minimum Gasteiger partial charge on any atom is -0.376 e. The van der Waals surface area contributed by atoms with Gasteiger partial charge in [-0.3, -0.25) is 14.5 Å². The van der Waals surface area contributed by atoms with Crippen LogP contribution in [0.1, 0.15) is 34.8 Å². The second-order valence-electron chi connectivity index (χ2n) is 9.97. The summed E-state index contributed by atoms with van der Waals surface area (Å²) in [5.74, 6) is -0.0441. The number of rotatable bonds is 7. The number of hydrogen-bond acceptors (Lipinski definition) is 6. The average Bonchev–Trinajstić information content (AvgIpc) is 3.72. The maximum Gasteiger partial charge on any atom is 0.240 e. The van der Waals surface area contributed by atoms with E-state index in [4.69, 9.17) is 9.84 Å². The van der Waals surface area contributed by atoms with Crippen molar-refractivity contribution in [3.63, 3.8) is 0 Å². The largest absolute Gasteiger partial charge is 0.376 e. The summed E-state index contributed by atoms with van der Waals surface area (Å²) >= 11 is 3.03. The molecule has 2 atom stereocenters. The molecule has 2 amide bonds. The number of carbonyl (C=O) groups excluding carboxylic acids is 2. The van der Waals surface area contributed by atoms with E-state index in [9.17, 15) is 14.0 Å². The molecule has 2 aliphatic rings. The van der Waals surface area contributed by atoms with Crippen LogP contribution in [0.3, 0.4) is 0 Å². The van der Waals surface area contributed by atoms with E-state index in [1.807, 2.05) is 48.7 Å². The Bertz CT molecular complexity index is 1500. The van der Waals surface area contributed by atoms with E-state index in [0.717, 1.165) is 45.8 Å². The molecule has 2 aliphatic heterocycles. The topological polar surface area (TPSA) is 76.5 Å². The van der Waals surface area contributed by atoms with Crippen LogP contribution in [0.15, 0.2) is 66.0 Å². The standard InChI is InChI=1S/C30H29FN4O3S2/c1-19-6-12-22(13-7-19)35-30-27(28(33-35)24-5-3-15-39-24)29(20-8-10-21(31)11-9-20)40-18-26(37)34(30)17-25(36)32-16-23-4-2-14-38-23/h3,5-13,15,23,29H,2,4,14,16-18H2,1H3,(H,32,36). The highest BCUT2D eigenvalue weighted by atomic mass is 32.2. The first kappa shape index (κ1) is 26.7. The van der Waals surface area contributed by atoms with Gasteiger partial charge in [0.1, 0.15) is 23.9 Å². The molecule has 2 aromatic carbocycles. The number of nitrogens with one attached hydrogen (secondary N) is 1. The highest BCUT2D eigenvalue weighted by Crippen LogP contribution is 2.49. The predicted molar refractivity (Wildman–Crippen MR) is 157 cm³/mol. The molecule has 0 bridgehead atoms. The van der Waals surface area contributed by atoms with Gasteiger partial charge in [0.05, 0.1) is 27.7 Å². The first-order valence-electron chi connectivity index (χ1n) is 13.3. The Labute approximate surface area is 240 Å². The van der Waals surface area contributed by atoms with Crippen LogP contribution >= 0.6 is 23.1 Å². The van der Waals surface area contributed by atoms with Crippen LogP contribution in [0.25, 0.3) is 16.3 Å². The van der Waals surface area contributed by atoms with Crippen LogP contribution in [0, 0.1) is 12.7 Å². The predicted octanol–water partition coefficient (Wildman–Crippen LogP) is 5.51. The van der Waals surface area contributed by atoms with Gasteiger partial charge in [0.2, 0.25) is 11.8 Å². The third-order valence-electron chi connectivity index (χ3n) is 7.15. The van der Waals surface area contributed by atoms with E-state index in [-0.39, 0.29) is 41.3 Å². The maximum absolute atomic E-state index is 13.9. The first-order chi connectivity index (χ1) is 19.5. The zero-order valence-electron chi connectivity index (χ0n) is 22.0. The van der Waals surface area contributed by atoms with Crippen molar-refractivity contribution in [2.24, 2.45) is 0 Å². The first-order valence-corrected chi connectivity index (χ1v) is 15.2. The van der Waals surface area contributed by atoms with Crippen LogP contribution in [-0.4, -0.2) is 53.1 Å². The third kappa shape index (κ3) is 5.43. The van der Waals surface area contributed by atoms with Crippen LogP contribution in [-0.2, 0) is 14.3 Å². The molecule has 4 heterocycles. The summed E-state index contributed by atoms with van der Waals surface area (Å²) < 4.78 is 21.3. The molecule has 10 heteroatoms. The number of carbonyl (C=O) groups is 2. The summed E-state index contributed by atoms with van der Waals surface area (Å²) in [4.78, 5) is 29.5. The van der Waals surface area contributed by atoms with Gasteiger partial charge in [0.25, 0.3) is 0 Å². The lowest BCUT2D eigenvalue weighted by atomic mass is 10.0. The second kappa shape index (κ2) is 11.6. The summed E-state index contributed by atoms with van der Waals surface area (Å²) in [7, 11) is 0. The molecule has 0 spiro atoms. The van der Waals surface area contributed by atoms with Crippen LogP contribution in [0.2, 0.25) is 0 Å². The van der Waals surface area contributed by atoms with E-state index >= 15 is 0 Å². The number of ether oxygens (including phenoxy) is 1. The lowest BCUT2D eigenvalue weighted by molar-refractivity contribution is -0.123. The fourth-order valence-corrected chi connectivity index (χ4v) is 7.04. The molecule has 206 valence electrons. The zero-order chi connectivity index (χ0) is 27.6. The molecule has 1 saturated heterocycles. The fraction of sp³-hybridized carbons (Fsp3) is 0.300. The van der Waals surface area contributed by atoms with Gasteiger partial charge >= 0.3 is 0 Å².